The van der Waals surface area contributed by atoms with Crippen LogP contribution in [-0.2, 0) is 6.42 Å². The van der Waals surface area contributed by atoms with E-state index in [1.54, 1.807) is 13.2 Å². The molecule has 41 heavy (non-hydrogen) atoms. The number of nitrogens with one attached hydrogen (secondary N) is 3. The number of anilines is 5. The minimum Gasteiger partial charge on any atom is -0.371 e. The molecule has 3 N–H and O–H groups in total. The second-order valence-corrected chi connectivity index (χ2v) is 11.9. The highest BCUT2D eigenvalue weighted by atomic mass is 35.5. The van der Waals surface area contributed by atoms with E-state index >= 15 is 0 Å². The van der Waals surface area contributed by atoms with Crippen molar-refractivity contribution >= 4 is 46.3 Å². The molecule has 2 saturated heterocycles. The minimum absolute atomic E-state index is 0.160. The van der Waals surface area contributed by atoms with Crippen LogP contribution in [0.15, 0.2) is 48.7 Å². The number of piperidine rings is 2. The second kappa shape index (κ2) is 13.5. The molecule has 0 unspecified atom stereocenters. The Morgan fingerprint density at radius 3 is 2.49 bits per heavy atom. The molecule has 0 bridgehead atoms. The highest BCUT2D eigenvalue weighted by molar-refractivity contribution is 6.32. The summed E-state index contributed by atoms with van der Waals surface area (Å²) in [6.07, 6.45) is 8.84. The molecule has 9 heteroatoms. The summed E-state index contributed by atoms with van der Waals surface area (Å²) < 4.78 is 0. The minimum atomic E-state index is -0.160. The number of rotatable bonds is 9. The lowest BCUT2D eigenvalue weighted by Gasteiger charge is -2.41. The zero-order valence-corrected chi connectivity index (χ0v) is 25.2. The molecule has 5 rings (SSSR count). The van der Waals surface area contributed by atoms with Crippen molar-refractivity contribution in [3.05, 3.63) is 64.8 Å². The van der Waals surface area contributed by atoms with E-state index in [0.717, 1.165) is 43.7 Å². The number of benzene rings is 2. The number of aromatic nitrogens is 2. The van der Waals surface area contributed by atoms with E-state index in [-0.39, 0.29) is 5.91 Å². The van der Waals surface area contributed by atoms with Crippen molar-refractivity contribution < 1.29 is 4.79 Å². The van der Waals surface area contributed by atoms with E-state index in [4.69, 9.17) is 11.6 Å². The topological polar surface area (TPSA) is 85.4 Å². The van der Waals surface area contributed by atoms with Gasteiger partial charge in [-0.1, -0.05) is 50.1 Å². The number of amides is 1. The molecule has 0 saturated carbocycles. The van der Waals surface area contributed by atoms with Crippen molar-refractivity contribution in [1.82, 2.24) is 20.2 Å². The molecule has 0 spiro atoms. The summed E-state index contributed by atoms with van der Waals surface area (Å²) in [5.74, 6) is 1.23. The fraction of sp³-hybridized carbons (Fsp3) is 0.469. The number of hydrogen-bond donors (Lipinski definition) is 3. The predicted molar refractivity (Wildman–Crippen MR) is 169 cm³/mol. The molecule has 8 nitrogen and oxygen atoms in total. The molecule has 1 amide bonds. The lowest BCUT2D eigenvalue weighted by molar-refractivity contribution is 0.0964. The smallest absolute Gasteiger partial charge is 0.253 e. The molecule has 2 aliphatic heterocycles. The molecule has 218 valence electrons. The Kier molecular flexibility index (Phi) is 9.62. The molecule has 2 fully saturated rings. The van der Waals surface area contributed by atoms with Crippen LogP contribution >= 0.6 is 11.6 Å². The lowest BCUT2D eigenvalue weighted by Crippen LogP contribution is -2.46. The number of carbonyl (C=O) groups is 1. The van der Waals surface area contributed by atoms with Gasteiger partial charge in [0, 0.05) is 37.6 Å². The average Bonchev–Trinajstić information content (AvgIpc) is 3.00. The normalized spacial score (nSPS) is 16.6. The predicted octanol–water partition coefficient (Wildman–Crippen LogP) is 6.63. The lowest BCUT2D eigenvalue weighted by atomic mass is 9.99. The number of hydrogen-bond acceptors (Lipinski definition) is 7. The summed E-state index contributed by atoms with van der Waals surface area (Å²) >= 11 is 6.49. The first-order chi connectivity index (χ1) is 19.9. The molecule has 0 atom stereocenters. The first-order valence-electron chi connectivity index (χ1n) is 14.9. The molecular formula is C32H42ClN7O. The molecule has 3 heterocycles. The first-order valence-corrected chi connectivity index (χ1v) is 15.3. The summed E-state index contributed by atoms with van der Waals surface area (Å²) in [6, 6.07) is 14.8. The van der Waals surface area contributed by atoms with Crippen LogP contribution in [0.3, 0.4) is 0 Å². The molecular weight excluding hydrogens is 534 g/mol. The number of likely N-dealkylation sites (tertiary alicyclic amines) is 1. The summed E-state index contributed by atoms with van der Waals surface area (Å²) in [7, 11) is 1.65. The van der Waals surface area contributed by atoms with Gasteiger partial charge >= 0.3 is 0 Å². The summed E-state index contributed by atoms with van der Waals surface area (Å²) in [5.41, 5.74) is 4.42. The third kappa shape index (κ3) is 7.29. The van der Waals surface area contributed by atoms with Gasteiger partial charge in [-0.3, -0.25) is 4.79 Å². The van der Waals surface area contributed by atoms with Crippen LogP contribution in [0.4, 0.5) is 28.8 Å². The first kappa shape index (κ1) is 29.1. The van der Waals surface area contributed by atoms with E-state index in [2.05, 4.69) is 61.7 Å². The van der Waals surface area contributed by atoms with Crippen LogP contribution in [0.5, 0.6) is 0 Å². The van der Waals surface area contributed by atoms with Crippen molar-refractivity contribution in [3.8, 4) is 0 Å². The Morgan fingerprint density at radius 2 is 1.76 bits per heavy atom. The maximum absolute atomic E-state index is 13.0. The van der Waals surface area contributed by atoms with Crippen molar-refractivity contribution in [2.75, 3.05) is 48.8 Å². The quantitative estimate of drug-likeness (QED) is 0.264. The molecule has 1 aromatic heterocycles. The Morgan fingerprint density at radius 1 is 1.00 bits per heavy atom. The maximum atomic E-state index is 13.0. The zero-order chi connectivity index (χ0) is 28.8. The largest absolute Gasteiger partial charge is 0.371 e. The van der Waals surface area contributed by atoms with Gasteiger partial charge in [0.25, 0.3) is 5.91 Å². The SMILES string of the molecule is CNC(=O)c1cc(N2CCC(N3CCCCC3)CC2)ccc1Nc1ncc(Cl)c(Nc2ccccc2CC(C)C)n1. The Hall–Kier alpha value is -3.36. The molecule has 0 radical (unpaired) electrons. The Balaban J connectivity index is 1.32. The van der Waals surface area contributed by atoms with Gasteiger partial charge in [0.2, 0.25) is 5.95 Å². The number of carbonyl (C=O) groups excluding carboxylic acids is 1. The van der Waals surface area contributed by atoms with Crippen molar-refractivity contribution in [2.24, 2.45) is 5.92 Å². The van der Waals surface area contributed by atoms with Crippen molar-refractivity contribution in [1.29, 1.82) is 0 Å². The van der Waals surface area contributed by atoms with Gasteiger partial charge in [0.1, 0.15) is 5.02 Å². The van der Waals surface area contributed by atoms with E-state index in [1.807, 2.05) is 30.3 Å². The van der Waals surface area contributed by atoms with Crippen LogP contribution in [-0.4, -0.2) is 60.0 Å². The van der Waals surface area contributed by atoms with Gasteiger partial charge in [0.15, 0.2) is 5.82 Å². The second-order valence-electron chi connectivity index (χ2n) is 11.5. The fourth-order valence-corrected chi connectivity index (χ4v) is 6.09. The van der Waals surface area contributed by atoms with Gasteiger partial charge in [-0.25, -0.2) is 4.98 Å². The van der Waals surface area contributed by atoms with Crippen LogP contribution in [0.1, 0.15) is 61.9 Å². The summed E-state index contributed by atoms with van der Waals surface area (Å²) in [4.78, 5) is 27.1. The Labute approximate surface area is 248 Å². The molecule has 3 aromatic rings. The van der Waals surface area contributed by atoms with E-state index in [0.29, 0.717) is 40.0 Å². The van der Waals surface area contributed by atoms with Crippen molar-refractivity contribution in [3.63, 3.8) is 0 Å². The highest BCUT2D eigenvalue weighted by Gasteiger charge is 2.26. The van der Waals surface area contributed by atoms with Crippen LogP contribution in [0.25, 0.3) is 0 Å². The number of nitrogens with zero attached hydrogens (tertiary/aromatic N) is 4. The third-order valence-corrected chi connectivity index (χ3v) is 8.38. The Bertz CT molecular complexity index is 1330. The molecule has 0 aliphatic carbocycles. The van der Waals surface area contributed by atoms with E-state index < -0.39 is 0 Å². The molecule has 2 aliphatic rings. The fourth-order valence-electron chi connectivity index (χ4n) is 5.96. The summed E-state index contributed by atoms with van der Waals surface area (Å²) in [5, 5.41) is 9.85. The van der Waals surface area contributed by atoms with Gasteiger partial charge in [-0.05, 0) is 80.9 Å². The van der Waals surface area contributed by atoms with Gasteiger partial charge in [-0.15, -0.1) is 0 Å². The standard InChI is InChI=1S/C32H42ClN7O/c1-22(2)19-23-9-5-6-10-28(23)36-30-27(33)21-35-32(38-30)37-29-12-11-25(20-26(29)31(41)34-3)40-17-13-24(14-18-40)39-15-7-4-8-16-39/h5-6,9-12,20-22,24H,4,7-8,13-19H2,1-3H3,(H,34,41)(H2,35,36,37,38). The van der Waals surface area contributed by atoms with Crippen LogP contribution in [0.2, 0.25) is 5.02 Å². The summed E-state index contributed by atoms with van der Waals surface area (Å²) in [6.45, 7) is 8.86. The van der Waals surface area contributed by atoms with Crippen molar-refractivity contribution in [2.45, 2.75) is 58.4 Å². The third-order valence-electron chi connectivity index (χ3n) is 8.10. The maximum Gasteiger partial charge on any atom is 0.253 e. The monoisotopic (exact) mass is 575 g/mol. The van der Waals surface area contributed by atoms with Gasteiger partial charge in [-0.2, -0.15) is 4.98 Å². The number of halogens is 1. The highest BCUT2D eigenvalue weighted by Crippen LogP contribution is 2.31. The van der Waals surface area contributed by atoms with Gasteiger partial charge in [0.05, 0.1) is 17.4 Å². The van der Waals surface area contributed by atoms with Crippen LogP contribution in [0, 0.1) is 5.92 Å². The van der Waals surface area contributed by atoms with E-state index in [1.165, 1.54) is 37.9 Å². The zero-order valence-electron chi connectivity index (χ0n) is 24.4. The molecule has 2 aromatic carbocycles. The number of para-hydroxylation sites is 1. The van der Waals surface area contributed by atoms with Gasteiger partial charge < -0.3 is 25.8 Å². The van der Waals surface area contributed by atoms with Crippen LogP contribution < -0.4 is 20.9 Å². The average molecular weight is 576 g/mol. The van der Waals surface area contributed by atoms with E-state index in [9.17, 15) is 4.79 Å².